The lowest BCUT2D eigenvalue weighted by atomic mass is 10.1. The smallest absolute Gasteiger partial charge is 0.396 e. The molecule has 0 spiro atoms. The average Bonchev–Trinajstić information content (AvgIpc) is 2.41. The van der Waals surface area contributed by atoms with Crippen LogP contribution >= 0.6 is 0 Å². The minimum Gasteiger partial charge on any atom is -0.396 e. The first-order valence-electron chi connectivity index (χ1n) is 6.02. The largest absolute Gasteiger partial charge is 0.416 e. The fourth-order valence-electron chi connectivity index (χ4n) is 1.81. The minimum atomic E-state index is -4.50. The predicted molar refractivity (Wildman–Crippen MR) is 67.2 cm³/mol. The maximum atomic E-state index is 12.6. The van der Waals surface area contributed by atoms with Crippen molar-refractivity contribution in [3.8, 4) is 6.07 Å². The third-order valence-electron chi connectivity index (χ3n) is 2.74. The quantitative estimate of drug-likeness (QED) is 0.837. The lowest BCUT2D eigenvalue weighted by Gasteiger charge is -2.25. The Bertz CT molecular complexity index is 483. The molecule has 0 bridgehead atoms. The Balaban J connectivity index is 3.12. The van der Waals surface area contributed by atoms with Gasteiger partial charge in [0.1, 0.15) is 6.07 Å². The van der Waals surface area contributed by atoms with Gasteiger partial charge in [-0.25, -0.2) is 0 Å². The molecule has 110 valence electrons. The Hall–Kier alpha value is -1.78. The lowest BCUT2D eigenvalue weighted by molar-refractivity contribution is -0.137. The van der Waals surface area contributed by atoms with Gasteiger partial charge in [-0.05, 0) is 24.6 Å². The monoisotopic (exact) mass is 288 g/mol. The van der Waals surface area contributed by atoms with E-state index in [0.717, 1.165) is 12.1 Å². The molecule has 0 saturated heterocycles. The van der Waals surface area contributed by atoms with Gasteiger partial charge in [-0.2, -0.15) is 18.4 Å². The summed E-state index contributed by atoms with van der Waals surface area (Å²) in [5.74, 6) is 0. The van der Waals surface area contributed by atoms with Gasteiger partial charge < -0.3 is 15.1 Å². The van der Waals surface area contributed by atoms with Gasteiger partial charge in [0.15, 0.2) is 0 Å². The first kappa shape index (κ1) is 16.3. The summed E-state index contributed by atoms with van der Waals surface area (Å²) in [5, 5.41) is 26.8. The van der Waals surface area contributed by atoms with Crippen molar-refractivity contribution in [2.75, 3.05) is 31.2 Å². The summed E-state index contributed by atoms with van der Waals surface area (Å²) in [5.41, 5.74) is -0.668. The van der Waals surface area contributed by atoms with Gasteiger partial charge in [-0.15, -0.1) is 0 Å². The van der Waals surface area contributed by atoms with E-state index in [0.29, 0.717) is 18.7 Å². The van der Waals surface area contributed by atoms with E-state index < -0.39 is 11.7 Å². The molecule has 1 rings (SSSR count). The molecule has 0 atom stereocenters. The van der Waals surface area contributed by atoms with Crippen LogP contribution in [-0.4, -0.2) is 36.5 Å². The highest BCUT2D eigenvalue weighted by Crippen LogP contribution is 2.32. The van der Waals surface area contributed by atoms with Crippen molar-refractivity contribution in [2.24, 2.45) is 0 Å². The third-order valence-corrected chi connectivity index (χ3v) is 2.74. The van der Waals surface area contributed by atoms with Crippen molar-refractivity contribution >= 4 is 5.69 Å². The Morgan fingerprint density at radius 2 is 1.85 bits per heavy atom. The molecule has 0 amide bonds. The zero-order chi connectivity index (χ0) is 15.2. The number of benzene rings is 1. The Kier molecular flexibility index (Phi) is 5.80. The summed E-state index contributed by atoms with van der Waals surface area (Å²) in [6.07, 6.45) is -4.11. The van der Waals surface area contributed by atoms with Gasteiger partial charge in [-0.1, -0.05) is 0 Å². The van der Waals surface area contributed by atoms with Crippen LogP contribution < -0.4 is 4.90 Å². The highest BCUT2D eigenvalue weighted by atomic mass is 19.4. The van der Waals surface area contributed by atoms with Gasteiger partial charge in [-0.3, -0.25) is 0 Å². The van der Waals surface area contributed by atoms with Gasteiger partial charge in [0.05, 0.1) is 23.4 Å². The summed E-state index contributed by atoms with van der Waals surface area (Å²) in [7, 11) is 0. The van der Waals surface area contributed by atoms with E-state index >= 15 is 0 Å². The number of anilines is 1. The zero-order valence-electron chi connectivity index (χ0n) is 10.7. The van der Waals surface area contributed by atoms with Crippen LogP contribution in [0.25, 0.3) is 0 Å². The third kappa shape index (κ3) is 4.11. The summed E-state index contributed by atoms with van der Waals surface area (Å²) in [6, 6.07) is 4.65. The van der Waals surface area contributed by atoms with Crippen molar-refractivity contribution < 1.29 is 23.4 Å². The summed E-state index contributed by atoms with van der Waals surface area (Å²) in [4.78, 5) is 1.58. The Labute approximate surface area is 114 Å². The van der Waals surface area contributed by atoms with Gasteiger partial charge in [0.2, 0.25) is 0 Å². The van der Waals surface area contributed by atoms with E-state index in [1.165, 1.54) is 6.07 Å². The van der Waals surface area contributed by atoms with Gasteiger partial charge >= 0.3 is 6.18 Å². The SMILES string of the molecule is N#Cc1cc(C(F)(F)F)ccc1N(CCO)CCCO. The Morgan fingerprint density at radius 3 is 2.35 bits per heavy atom. The molecule has 0 aromatic heterocycles. The second-order valence-corrected chi connectivity index (χ2v) is 4.13. The van der Waals surface area contributed by atoms with Crippen LogP contribution in [0.3, 0.4) is 0 Å². The molecule has 0 fully saturated rings. The molecule has 1 aromatic carbocycles. The molecule has 0 aliphatic rings. The van der Waals surface area contributed by atoms with Crippen molar-refractivity contribution in [1.29, 1.82) is 5.26 Å². The van der Waals surface area contributed by atoms with Crippen molar-refractivity contribution in [3.05, 3.63) is 29.3 Å². The number of hydrogen-bond donors (Lipinski definition) is 2. The minimum absolute atomic E-state index is 0.0789. The molecule has 0 aliphatic heterocycles. The van der Waals surface area contributed by atoms with E-state index in [2.05, 4.69) is 0 Å². The first-order valence-corrected chi connectivity index (χ1v) is 6.02. The van der Waals surface area contributed by atoms with Crippen LogP contribution in [0, 0.1) is 11.3 Å². The fourth-order valence-corrected chi connectivity index (χ4v) is 1.81. The number of nitrogens with zero attached hydrogens (tertiary/aromatic N) is 2. The molecule has 7 heteroatoms. The second-order valence-electron chi connectivity index (χ2n) is 4.13. The summed E-state index contributed by atoms with van der Waals surface area (Å²) < 4.78 is 37.8. The molecule has 1 aromatic rings. The number of nitriles is 1. The lowest BCUT2D eigenvalue weighted by Crippen LogP contribution is -2.29. The topological polar surface area (TPSA) is 67.5 Å². The molecular formula is C13H15F3N2O2. The standard InChI is InChI=1S/C13H15F3N2O2/c14-13(15,16)11-2-3-12(10(8-11)9-17)18(5-7-20)4-1-6-19/h2-3,8,19-20H,1,4-7H2. The van der Waals surface area contributed by atoms with Crippen LogP contribution in [0.2, 0.25) is 0 Å². The van der Waals surface area contributed by atoms with E-state index in [1.807, 2.05) is 0 Å². The maximum absolute atomic E-state index is 12.6. The van der Waals surface area contributed by atoms with Crippen LogP contribution in [0.4, 0.5) is 18.9 Å². The first-order chi connectivity index (χ1) is 9.43. The van der Waals surface area contributed by atoms with Crippen molar-refractivity contribution in [2.45, 2.75) is 12.6 Å². The molecule has 2 N–H and O–H groups in total. The van der Waals surface area contributed by atoms with E-state index in [-0.39, 0.29) is 25.3 Å². The number of hydrogen-bond acceptors (Lipinski definition) is 4. The van der Waals surface area contributed by atoms with E-state index in [1.54, 1.807) is 11.0 Å². The molecule has 0 heterocycles. The molecular weight excluding hydrogens is 273 g/mol. The highest BCUT2D eigenvalue weighted by molar-refractivity contribution is 5.60. The van der Waals surface area contributed by atoms with Crippen LogP contribution in [0.5, 0.6) is 0 Å². The van der Waals surface area contributed by atoms with E-state index in [4.69, 9.17) is 15.5 Å². The zero-order valence-corrected chi connectivity index (χ0v) is 10.7. The summed E-state index contributed by atoms with van der Waals surface area (Å²) in [6.45, 7) is 0.249. The average molecular weight is 288 g/mol. The maximum Gasteiger partial charge on any atom is 0.416 e. The van der Waals surface area contributed by atoms with Crippen LogP contribution in [0.1, 0.15) is 17.5 Å². The highest BCUT2D eigenvalue weighted by Gasteiger charge is 2.31. The predicted octanol–water partition coefficient (Wildman–Crippen LogP) is 1.76. The Morgan fingerprint density at radius 1 is 1.15 bits per heavy atom. The molecule has 0 unspecified atom stereocenters. The van der Waals surface area contributed by atoms with Crippen molar-refractivity contribution in [3.63, 3.8) is 0 Å². The number of aliphatic hydroxyl groups is 2. The number of rotatable bonds is 6. The fraction of sp³-hybridized carbons (Fsp3) is 0.462. The second kappa shape index (κ2) is 7.12. The van der Waals surface area contributed by atoms with Gasteiger partial charge in [0.25, 0.3) is 0 Å². The molecule has 0 radical (unpaired) electrons. The molecule has 0 saturated carbocycles. The molecule has 0 aliphatic carbocycles. The summed E-state index contributed by atoms with van der Waals surface area (Å²) >= 11 is 0. The molecule has 4 nitrogen and oxygen atoms in total. The molecule has 20 heavy (non-hydrogen) atoms. The normalized spacial score (nSPS) is 11.2. The van der Waals surface area contributed by atoms with Crippen LogP contribution in [0.15, 0.2) is 18.2 Å². The number of halogens is 3. The van der Waals surface area contributed by atoms with E-state index in [9.17, 15) is 13.2 Å². The van der Waals surface area contributed by atoms with Gasteiger partial charge in [0, 0.05) is 19.7 Å². The van der Waals surface area contributed by atoms with Crippen LogP contribution in [-0.2, 0) is 6.18 Å². The number of aliphatic hydroxyl groups excluding tert-OH is 2. The van der Waals surface area contributed by atoms with Crippen molar-refractivity contribution in [1.82, 2.24) is 0 Å². The number of alkyl halides is 3.